The Morgan fingerprint density at radius 2 is 2.00 bits per heavy atom. The average molecular weight is 387 g/mol. The van der Waals surface area contributed by atoms with Gasteiger partial charge in [-0.2, -0.15) is 11.8 Å². The van der Waals surface area contributed by atoms with E-state index in [0.29, 0.717) is 31.5 Å². The topological polar surface area (TPSA) is 83.1 Å². The second kappa shape index (κ2) is 7.94. The molecular formula is C18H29NO6S. The summed E-state index contributed by atoms with van der Waals surface area (Å²) in [4.78, 5) is 23.3. The fraction of sp³-hybridized carbons (Fsp3) is 0.889. The van der Waals surface area contributed by atoms with E-state index in [1.807, 2.05) is 32.5 Å². The molecule has 3 heterocycles. The van der Waals surface area contributed by atoms with E-state index in [-0.39, 0.29) is 29.6 Å². The number of fused-ring (bicyclic) bond motifs is 1. The maximum atomic E-state index is 12.0. The Morgan fingerprint density at radius 3 is 2.73 bits per heavy atom. The van der Waals surface area contributed by atoms with Crippen LogP contribution >= 0.6 is 11.8 Å². The minimum atomic E-state index is -0.566. The molecule has 0 bridgehead atoms. The number of esters is 1. The van der Waals surface area contributed by atoms with Crippen molar-refractivity contribution in [2.24, 2.45) is 5.41 Å². The first-order valence-electron chi connectivity index (χ1n) is 9.29. The molecule has 3 aliphatic rings. The number of carbonyl (C=O) groups is 2. The zero-order chi connectivity index (χ0) is 18.8. The van der Waals surface area contributed by atoms with Gasteiger partial charge in [-0.05, 0) is 26.7 Å². The number of amides is 1. The lowest BCUT2D eigenvalue weighted by atomic mass is 9.93. The van der Waals surface area contributed by atoms with Crippen LogP contribution < -0.4 is 5.32 Å². The molecule has 0 aromatic heterocycles. The number of ether oxygens (including phenoxy) is 4. The van der Waals surface area contributed by atoms with Gasteiger partial charge in [0.2, 0.25) is 0 Å². The van der Waals surface area contributed by atoms with Gasteiger partial charge in [0.05, 0.1) is 19.3 Å². The fourth-order valence-electron chi connectivity index (χ4n) is 3.32. The van der Waals surface area contributed by atoms with E-state index < -0.39 is 5.79 Å². The van der Waals surface area contributed by atoms with Gasteiger partial charge in [0.15, 0.2) is 5.79 Å². The normalized spacial score (nSPS) is 31.8. The van der Waals surface area contributed by atoms with Crippen LogP contribution in [0.3, 0.4) is 0 Å². The van der Waals surface area contributed by atoms with E-state index in [1.165, 1.54) is 0 Å². The molecule has 0 radical (unpaired) electrons. The van der Waals surface area contributed by atoms with E-state index in [0.717, 1.165) is 25.0 Å². The third-order valence-corrected chi connectivity index (χ3v) is 6.52. The highest BCUT2D eigenvalue weighted by Crippen LogP contribution is 2.36. The lowest BCUT2D eigenvalue weighted by Crippen LogP contribution is -2.47. The van der Waals surface area contributed by atoms with Crippen LogP contribution in [0.15, 0.2) is 0 Å². The molecule has 1 amide bonds. The molecule has 148 valence electrons. The summed E-state index contributed by atoms with van der Waals surface area (Å²) in [5, 5.41) is 3.16. The van der Waals surface area contributed by atoms with Gasteiger partial charge in [-0.15, -0.1) is 0 Å². The number of unbranched alkanes of at least 4 members (excludes halogenated alkanes) is 1. The second-order valence-corrected chi connectivity index (χ2v) is 9.46. The number of hydrogen-bond donors (Lipinski definition) is 1. The first-order chi connectivity index (χ1) is 12.3. The number of rotatable bonds is 7. The monoisotopic (exact) mass is 387 g/mol. The quantitative estimate of drug-likeness (QED) is 0.531. The van der Waals surface area contributed by atoms with Crippen LogP contribution in [0.5, 0.6) is 0 Å². The Hall–Kier alpha value is -0.990. The second-order valence-electron chi connectivity index (χ2n) is 8.19. The summed E-state index contributed by atoms with van der Waals surface area (Å²) < 4.78 is 22.1. The summed E-state index contributed by atoms with van der Waals surface area (Å²) >= 11 is 1.84. The summed E-state index contributed by atoms with van der Waals surface area (Å²) in [6, 6.07) is 0.146. The van der Waals surface area contributed by atoms with E-state index in [1.54, 1.807) is 0 Å². The smallest absolute Gasteiger partial charge is 0.407 e. The van der Waals surface area contributed by atoms with Gasteiger partial charge < -0.3 is 24.3 Å². The molecule has 2 unspecified atom stereocenters. The molecule has 7 nitrogen and oxygen atoms in total. The van der Waals surface area contributed by atoms with Crippen LogP contribution in [0.25, 0.3) is 0 Å². The fourth-order valence-corrected chi connectivity index (χ4v) is 4.81. The van der Waals surface area contributed by atoms with Crippen molar-refractivity contribution < 1.29 is 28.5 Å². The number of alkyl carbamates (subject to hydrolysis) is 1. The van der Waals surface area contributed by atoms with Gasteiger partial charge in [-0.25, -0.2) is 4.79 Å². The van der Waals surface area contributed by atoms with E-state index in [2.05, 4.69) is 5.32 Å². The van der Waals surface area contributed by atoms with Crippen molar-refractivity contribution in [2.75, 3.05) is 25.6 Å². The Bertz CT molecular complexity index is 530. The predicted octanol–water partition coefficient (Wildman–Crippen LogP) is 2.47. The van der Waals surface area contributed by atoms with Gasteiger partial charge >= 0.3 is 12.1 Å². The maximum absolute atomic E-state index is 12.0. The first-order valence-corrected chi connectivity index (χ1v) is 10.3. The van der Waals surface area contributed by atoms with Crippen molar-refractivity contribution in [1.82, 2.24) is 5.32 Å². The Balaban J connectivity index is 1.28. The van der Waals surface area contributed by atoms with Crippen molar-refractivity contribution in [3.8, 4) is 0 Å². The standard InChI is InChI=1S/C18H29NO6S/c1-17(2)23-10-18(3,11-24-17)9-22-14(20)7-5-4-6-13-15-12(8-26-13)19-16(21)25-15/h12-13,15H,4-11H2,1-3H3,(H,19,21)/t12?,13?,15-/m0/s1. The highest BCUT2D eigenvalue weighted by molar-refractivity contribution is 8.00. The molecule has 0 saturated carbocycles. The van der Waals surface area contributed by atoms with Crippen LogP contribution in [0.4, 0.5) is 4.79 Å². The van der Waals surface area contributed by atoms with E-state index in [4.69, 9.17) is 18.9 Å². The molecular weight excluding hydrogens is 358 g/mol. The Morgan fingerprint density at radius 1 is 1.27 bits per heavy atom. The molecule has 26 heavy (non-hydrogen) atoms. The lowest BCUT2D eigenvalue weighted by molar-refractivity contribution is -0.287. The van der Waals surface area contributed by atoms with Gasteiger partial charge in [0, 0.05) is 22.8 Å². The zero-order valence-electron chi connectivity index (χ0n) is 15.7. The molecule has 3 rings (SSSR count). The first kappa shape index (κ1) is 19.8. The maximum Gasteiger partial charge on any atom is 0.407 e. The molecule has 0 aromatic carbocycles. The largest absolute Gasteiger partial charge is 0.465 e. The van der Waals surface area contributed by atoms with Crippen LogP contribution in [0.1, 0.15) is 46.5 Å². The van der Waals surface area contributed by atoms with Gasteiger partial charge in [-0.1, -0.05) is 13.3 Å². The lowest BCUT2D eigenvalue weighted by Gasteiger charge is -2.40. The van der Waals surface area contributed by atoms with E-state index >= 15 is 0 Å². The SMILES string of the molecule is CC1(COC(=O)CCCCC2SCC3NC(=O)O[C@@H]32)COC(C)(C)OC1. The van der Waals surface area contributed by atoms with Crippen LogP contribution in [-0.2, 0) is 23.7 Å². The highest BCUT2D eigenvalue weighted by atomic mass is 32.2. The number of thioether (sulfide) groups is 1. The summed E-state index contributed by atoms with van der Waals surface area (Å²) in [5.74, 6) is 0.161. The molecule has 3 atom stereocenters. The van der Waals surface area contributed by atoms with Crippen molar-refractivity contribution in [3.63, 3.8) is 0 Å². The minimum Gasteiger partial charge on any atom is -0.465 e. The molecule has 0 spiro atoms. The van der Waals surface area contributed by atoms with Crippen molar-refractivity contribution in [3.05, 3.63) is 0 Å². The molecule has 0 aliphatic carbocycles. The van der Waals surface area contributed by atoms with Crippen molar-refractivity contribution >= 4 is 23.8 Å². The third kappa shape index (κ3) is 5.04. The van der Waals surface area contributed by atoms with E-state index in [9.17, 15) is 9.59 Å². The Kier molecular flexibility index (Phi) is 6.04. The van der Waals surface area contributed by atoms with Gasteiger partial charge in [0.1, 0.15) is 12.7 Å². The van der Waals surface area contributed by atoms with Gasteiger partial charge in [-0.3, -0.25) is 4.79 Å². The molecule has 3 saturated heterocycles. The summed E-state index contributed by atoms with van der Waals surface area (Å²) in [7, 11) is 0. The third-order valence-electron chi connectivity index (χ3n) is 5.04. The number of nitrogens with one attached hydrogen (secondary N) is 1. The predicted molar refractivity (Wildman–Crippen MR) is 97.0 cm³/mol. The van der Waals surface area contributed by atoms with Crippen LogP contribution in [0.2, 0.25) is 0 Å². The summed E-state index contributed by atoms with van der Waals surface area (Å²) in [6.45, 7) is 7.10. The van der Waals surface area contributed by atoms with Crippen LogP contribution in [0, 0.1) is 5.41 Å². The zero-order valence-corrected chi connectivity index (χ0v) is 16.6. The molecule has 0 aromatic rings. The number of carbonyl (C=O) groups excluding carboxylic acids is 2. The number of hydrogen-bond acceptors (Lipinski definition) is 7. The van der Waals surface area contributed by atoms with Crippen LogP contribution in [-0.4, -0.2) is 60.8 Å². The highest BCUT2D eigenvalue weighted by Gasteiger charge is 2.44. The minimum absolute atomic E-state index is 0.0186. The van der Waals surface area contributed by atoms with Crippen molar-refractivity contribution in [2.45, 2.75) is 69.6 Å². The van der Waals surface area contributed by atoms with Crippen molar-refractivity contribution in [1.29, 1.82) is 0 Å². The molecule has 1 N–H and O–H groups in total. The summed E-state index contributed by atoms with van der Waals surface area (Å²) in [6.07, 6.45) is 2.74. The van der Waals surface area contributed by atoms with Gasteiger partial charge in [0.25, 0.3) is 0 Å². The molecule has 3 fully saturated rings. The summed E-state index contributed by atoms with van der Waals surface area (Å²) in [5.41, 5.74) is -0.292. The Labute approximate surface area is 158 Å². The average Bonchev–Trinajstić information content (AvgIpc) is 3.13. The molecule has 8 heteroatoms. The molecule has 3 aliphatic heterocycles.